The Labute approximate surface area is 167 Å². The third-order valence-corrected chi connectivity index (χ3v) is 3.84. The first-order valence-electron chi connectivity index (χ1n) is 8.84. The monoisotopic (exact) mass is 394 g/mol. The number of hydrogen-bond donors (Lipinski definition) is 2. The SMILES string of the molecule is O=C(COc1ccc(F)cc1)NNC(=O)c1cccc(OCc2ccccc2)c1. The Bertz CT molecular complexity index is 962. The summed E-state index contributed by atoms with van der Waals surface area (Å²) in [6, 6.07) is 21.5. The molecule has 0 aromatic heterocycles. The van der Waals surface area contributed by atoms with Gasteiger partial charge in [-0.25, -0.2) is 4.39 Å². The van der Waals surface area contributed by atoms with Gasteiger partial charge in [0.15, 0.2) is 6.61 Å². The first-order valence-corrected chi connectivity index (χ1v) is 8.84. The molecule has 3 aromatic rings. The molecule has 2 N–H and O–H groups in total. The van der Waals surface area contributed by atoms with Gasteiger partial charge in [0.25, 0.3) is 11.8 Å². The van der Waals surface area contributed by atoms with Crippen LogP contribution in [-0.4, -0.2) is 18.4 Å². The maximum atomic E-state index is 12.8. The van der Waals surface area contributed by atoms with Crippen molar-refractivity contribution in [2.45, 2.75) is 6.61 Å². The minimum atomic E-state index is -0.556. The number of amides is 2. The lowest BCUT2D eigenvalue weighted by Crippen LogP contribution is -2.43. The van der Waals surface area contributed by atoms with Crippen molar-refractivity contribution in [3.63, 3.8) is 0 Å². The van der Waals surface area contributed by atoms with Crippen LogP contribution in [-0.2, 0) is 11.4 Å². The second-order valence-electron chi connectivity index (χ2n) is 6.05. The zero-order valence-corrected chi connectivity index (χ0v) is 15.4. The number of rotatable bonds is 7. The Kier molecular flexibility index (Phi) is 6.78. The van der Waals surface area contributed by atoms with Crippen molar-refractivity contribution in [1.29, 1.82) is 0 Å². The van der Waals surface area contributed by atoms with E-state index in [-0.39, 0.29) is 6.61 Å². The normalized spacial score (nSPS) is 10.1. The molecule has 0 saturated heterocycles. The molecule has 0 atom stereocenters. The summed E-state index contributed by atoms with van der Waals surface area (Å²) in [5.74, 6) is -0.572. The second-order valence-corrected chi connectivity index (χ2v) is 6.05. The molecule has 148 valence electrons. The zero-order valence-electron chi connectivity index (χ0n) is 15.4. The van der Waals surface area contributed by atoms with Gasteiger partial charge >= 0.3 is 0 Å². The number of ether oxygens (including phenoxy) is 2. The Hall–Kier alpha value is -3.87. The van der Waals surface area contributed by atoms with Crippen molar-refractivity contribution in [3.8, 4) is 11.5 Å². The minimum absolute atomic E-state index is 0.327. The summed E-state index contributed by atoms with van der Waals surface area (Å²) in [5.41, 5.74) is 5.91. The summed E-state index contributed by atoms with van der Waals surface area (Å²) in [4.78, 5) is 24.0. The van der Waals surface area contributed by atoms with Gasteiger partial charge in [-0.15, -0.1) is 0 Å². The van der Waals surface area contributed by atoms with Gasteiger partial charge in [-0.2, -0.15) is 0 Å². The molecule has 7 heteroatoms. The molecule has 0 fully saturated rings. The molecule has 0 spiro atoms. The van der Waals surface area contributed by atoms with Crippen LogP contribution in [0.1, 0.15) is 15.9 Å². The lowest BCUT2D eigenvalue weighted by atomic mass is 10.2. The van der Waals surface area contributed by atoms with Crippen LogP contribution in [0.5, 0.6) is 11.5 Å². The molecule has 3 rings (SSSR count). The van der Waals surface area contributed by atoms with Crippen LogP contribution >= 0.6 is 0 Å². The summed E-state index contributed by atoms with van der Waals surface area (Å²) in [7, 11) is 0. The van der Waals surface area contributed by atoms with Crippen LogP contribution in [0, 0.1) is 5.82 Å². The summed E-state index contributed by atoms with van der Waals surface area (Å²) in [6.45, 7) is 0.0511. The predicted octanol–water partition coefficient (Wildman–Crippen LogP) is 3.24. The maximum Gasteiger partial charge on any atom is 0.276 e. The summed E-state index contributed by atoms with van der Waals surface area (Å²) in [6.07, 6.45) is 0. The standard InChI is InChI=1S/C22H19FN2O4/c23-18-9-11-19(12-10-18)29-15-21(26)24-25-22(27)17-7-4-8-20(13-17)28-14-16-5-2-1-3-6-16/h1-13H,14-15H2,(H,24,26)(H,25,27). The Morgan fingerprint density at radius 3 is 2.31 bits per heavy atom. The van der Waals surface area contributed by atoms with Gasteiger partial charge in [-0.1, -0.05) is 36.4 Å². The molecule has 0 radical (unpaired) electrons. The Morgan fingerprint density at radius 1 is 0.793 bits per heavy atom. The average molecular weight is 394 g/mol. The fourth-order valence-corrected chi connectivity index (χ4v) is 2.38. The van der Waals surface area contributed by atoms with E-state index in [0.717, 1.165) is 5.56 Å². The first-order chi connectivity index (χ1) is 14.1. The largest absolute Gasteiger partial charge is 0.489 e. The van der Waals surface area contributed by atoms with E-state index in [1.54, 1.807) is 24.3 Å². The number of hydrazine groups is 1. The highest BCUT2D eigenvalue weighted by atomic mass is 19.1. The van der Waals surface area contributed by atoms with E-state index in [1.165, 1.54) is 24.3 Å². The molecule has 0 aliphatic heterocycles. The maximum absolute atomic E-state index is 12.8. The van der Waals surface area contributed by atoms with Crippen molar-refractivity contribution < 1.29 is 23.5 Å². The van der Waals surface area contributed by atoms with Gasteiger partial charge in [0.1, 0.15) is 23.9 Å². The molecule has 0 unspecified atom stereocenters. The third-order valence-electron chi connectivity index (χ3n) is 3.84. The number of carbonyl (C=O) groups is 2. The first kappa shape index (κ1) is 19.9. The number of carbonyl (C=O) groups excluding carboxylic acids is 2. The second kappa shape index (κ2) is 9.89. The molecule has 0 bridgehead atoms. The fourth-order valence-electron chi connectivity index (χ4n) is 2.38. The van der Waals surface area contributed by atoms with Crippen LogP contribution in [0.4, 0.5) is 4.39 Å². The quantitative estimate of drug-likeness (QED) is 0.603. The van der Waals surface area contributed by atoms with Gasteiger partial charge in [0.05, 0.1) is 0 Å². The molecular formula is C22H19FN2O4. The van der Waals surface area contributed by atoms with E-state index in [1.807, 2.05) is 30.3 Å². The van der Waals surface area contributed by atoms with Crippen molar-refractivity contribution in [1.82, 2.24) is 10.9 Å². The lowest BCUT2D eigenvalue weighted by Gasteiger charge is -2.10. The zero-order chi connectivity index (χ0) is 20.5. The molecule has 29 heavy (non-hydrogen) atoms. The van der Waals surface area contributed by atoms with Crippen molar-refractivity contribution >= 4 is 11.8 Å². The molecule has 2 amide bonds. The van der Waals surface area contributed by atoms with E-state index in [9.17, 15) is 14.0 Å². The van der Waals surface area contributed by atoms with Crippen molar-refractivity contribution in [3.05, 3.63) is 95.8 Å². The van der Waals surface area contributed by atoms with Crippen LogP contribution in [0.2, 0.25) is 0 Å². The lowest BCUT2D eigenvalue weighted by molar-refractivity contribution is -0.123. The molecular weight excluding hydrogens is 375 g/mol. The Morgan fingerprint density at radius 2 is 1.55 bits per heavy atom. The van der Waals surface area contributed by atoms with Gasteiger partial charge in [0, 0.05) is 5.56 Å². The number of nitrogens with one attached hydrogen (secondary N) is 2. The highest BCUT2D eigenvalue weighted by molar-refractivity contribution is 5.95. The van der Waals surface area contributed by atoms with E-state index in [2.05, 4.69) is 10.9 Å². The molecule has 3 aromatic carbocycles. The number of halogens is 1. The van der Waals surface area contributed by atoms with E-state index < -0.39 is 17.6 Å². The van der Waals surface area contributed by atoms with E-state index in [4.69, 9.17) is 9.47 Å². The molecule has 0 saturated carbocycles. The molecule has 0 aliphatic rings. The Balaban J connectivity index is 1.46. The van der Waals surface area contributed by atoms with Crippen molar-refractivity contribution in [2.24, 2.45) is 0 Å². The summed E-state index contributed by atoms with van der Waals surface area (Å²) in [5, 5.41) is 0. The third kappa shape index (κ3) is 6.35. The van der Waals surface area contributed by atoms with Crippen LogP contribution in [0.25, 0.3) is 0 Å². The molecule has 6 nitrogen and oxygen atoms in total. The number of benzene rings is 3. The molecule has 0 heterocycles. The van der Waals surface area contributed by atoms with Gasteiger partial charge in [0.2, 0.25) is 0 Å². The highest BCUT2D eigenvalue weighted by Crippen LogP contribution is 2.15. The van der Waals surface area contributed by atoms with Gasteiger partial charge in [-0.05, 0) is 48.0 Å². The van der Waals surface area contributed by atoms with Gasteiger partial charge in [-0.3, -0.25) is 20.4 Å². The average Bonchev–Trinajstić information content (AvgIpc) is 2.76. The fraction of sp³-hybridized carbons (Fsp3) is 0.0909. The highest BCUT2D eigenvalue weighted by Gasteiger charge is 2.09. The summed E-state index contributed by atoms with van der Waals surface area (Å²) < 4.78 is 23.7. The van der Waals surface area contributed by atoms with Crippen LogP contribution < -0.4 is 20.3 Å². The van der Waals surface area contributed by atoms with E-state index in [0.29, 0.717) is 23.7 Å². The molecule has 0 aliphatic carbocycles. The predicted molar refractivity (Wildman–Crippen MR) is 105 cm³/mol. The van der Waals surface area contributed by atoms with Crippen LogP contribution in [0.3, 0.4) is 0 Å². The van der Waals surface area contributed by atoms with E-state index >= 15 is 0 Å². The smallest absolute Gasteiger partial charge is 0.276 e. The number of hydrogen-bond acceptors (Lipinski definition) is 4. The summed E-state index contributed by atoms with van der Waals surface area (Å²) >= 11 is 0. The van der Waals surface area contributed by atoms with Crippen LogP contribution in [0.15, 0.2) is 78.9 Å². The van der Waals surface area contributed by atoms with Gasteiger partial charge < -0.3 is 9.47 Å². The topological polar surface area (TPSA) is 76.7 Å². The minimum Gasteiger partial charge on any atom is -0.489 e. The van der Waals surface area contributed by atoms with Crippen molar-refractivity contribution in [2.75, 3.05) is 6.61 Å².